The Balaban J connectivity index is 4.23. The van der Waals surface area contributed by atoms with Crippen LogP contribution in [0, 0.1) is 0 Å². The molecular weight excluding hydrogens is 709 g/mol. The van der Waals surface area contributed by atoms with Crippen molar-refractivity contribution in [1.82, 2.24) is 0 Å². The van der Waals surface area contributed by atoms with Gasteiger partial charge in [-0.05, 0) is 44.9 Å². The second-order valence-electron chi connectivity index (χ2n) is 17.1. The van der Waals surface area contributed by atoms with Crippen molar-refractivity contribution in [3.63, 3.8) is 0 Å². The van der Waals surface area contributed by atoms with Crippen LogP contribution in [0.1, 0.15) is 278 Å². The highest BCUT2D eigenvalue weighted by Gasteiger charge is 2.19. The van der Waals surface area contributed by atoms with Gasteiger partial charge in [-0.25, -0.2) is 0 Å². The SMILES string of the molecule is CCCCCCCCCC/C=C\CCCCCCCCCC(=O)OCC(COC(=O)CCCCCCCCCCC)OC(=O)CCCCCCCCCCCCC. The van der Waals surface area contributed by atoms with Crippen LogP contribution in [0.25, 0.3) is 0 Å². The molecule has 0 saturated heterocycles. The highest BCUT2D eigenvalue weighted by molar-refractivity contribution is 5.71. The topological polar surface area (TPSA) is 78.9 Å². The van der Waals surface area contributed by atoms with Crippen LogP contribution >= 0.6 is 0 Å². The number of allylic oxidation sites excluding steroid dienone is 2. The summed E-state index contributed by atoms with van der Waals surface area (Å²) in [6.45, 7) is 6.63. The Hall–Kier alpha value is -1.85. The van der Waals surface area contributed by atoms with E-state index in [1.165, 1.54) is 180 Å². The van der Waals surface area contributed by atoms with Gasteiger partial charge in [0.25, 0.3) is 0 Å². The lowest BCUT2D eigenvalue weighted by atomic mass is 10.1. The van der Waals surface area contributed by atoms with Gasteiger partial charge in [0.15, 0.2) is 6.10 Å². The summed E-state index contributed by atoms with van der Waals surface area (Å²) in [6, 6.07) is 0. The third-order valence-corrected chi connectivity index (χ3v) is 11.3. The van der Waals surface area contributed by atoms with Gasteiger partial charge in [0, 0.05) is 19.3 Å². The van der Waals surface area contributed by atoms with Gasteiger partial charge in [0.1, 0.15) is 13.2 Å². The molecule has 6 heteroatoms. The van der Waals surface area contributed by atoms with E-state index in [-0.39, 0.29) is 31.1 Å². The van der Waals surface area contributed by atoms with Crippen LogP contribution in [0.2, 0.25) is 0 Å². The fourth-order valence-electron chi connectivity index (χ4n) is 7.44. The summed E-state index contributed by atoms with van der Waals surface area (Å²) in [5.74, 6) is -0.862. The highest BCUT2D eigenvalue weighted by atomic mass is 16.6. The zero-order chi connectivity index (χ0) is 41.5. The van der Waals surface area contributed by atoms with Gasteiger partial charge in [0.05, 0.1) is 0 Å². The van der Waals surface area contributed by atoms with Gasteiger partial charge in [-0.15, -0.1) is 0 Å². The van der Waals surface area contributed by atoms with Crippen molar-refractivity contribution in [2.75, 3.05) is 13.2 Å². The quantitative estimate of drug-likeness (QED) is 0.0264. The van der Waals surface area contributed by atoms with Crippen molar-refractivity contribution in [1.29, 1.82) is 0 Å². The molecule has 0 aromatic rings. The second-order valence-corrected chi connectivity index (χ2v) is 17.1. The van der Waals surface area contributed by atoms with Crippen LogP contribution in [-0.4, -0.2) is 37.2 Å². The minimum absolute atomic E-state index is 0.0669. The summed E-state index contributed by atoms with van der Waals surface area (Å²) in [4.78, 5) is 37.8. The first-order chi connectivity index (χ1) is 28.0. The van der Waals surface area contributed by atoms with E-state index in [4.69, 9.17) is 14.2 Å². The molecule has 57 heavy (non-hydrogen) atoms. The summed E-state index contributed by atoms with van der Waals surface area (Å²) in [5, 5.41) is 0. The Morgan fingerprint density at radius 2 is 0.579 bits per heavy atom. The molecule has 0 aliphatic carbocycles. The largest absolute Gasteiger partial charge is 0.462 e. The van der Waals surface area contributed by atoms with Crippen LogP contribution < -0.4 is 0 Å². The van der Waals surface area contributed by atoms with Crippen LogP contribution in [0.15, 0.2) is 12.2 Å². The van der Waals surface area contributed by atoms with Crippen molar-refractivity contribution in [2.24, 2.45) is 0 Å². The maximum Gasteiger partial charge on any atom is 0.306 e. The van der Waals surface area contributed by atoms with E-state index in [1.807, 2.05) is 0 Å². The fourth-order valence-corrected chi connectivity index (χ4v) is 7.44. The number of rotatable bonds is 46. The molecule has 0 radical (unpaired) electrons. The molecule has 0 saturated carbocycles. The highest BCUT2D eigenvalue weighted by Crippen LogP contribution is 2.15. The monoisotopic (exact) mass is 805 g/mol. The fraction of sp³-hybridized carbons (Fsp3) is 0.902. The smallest absolute Gasteiger partial charge is 0.306 e. The van der Waals surface area contributed by atoms with Gasteiger partial charge >= 0.3 is 17.9 Å². The maximum atomic E-state index is 12.7. The summed E-state index contributed by atoms with van der Waals surface area (Å²) >= 11 is 0. The van der Waals surface area contributed by atoms with Crippen LogP contribution in [0.4, 0.5) is 0 Å². The summed E-state index contributed by atoms with van der Waals surface area (Å²) in [6.07, 6.45) is 50.6. The minimum Gasteiger partial charge on any atom is -0.462 e. The van der Waals surface area contributed by atoms with E-state index in [2.05, 4.69) is 32.9 Å². The zero-order valence-electron chi connectivity index (χ0n) is 38.4. The van der Waals surface area contributed by atoms with Crippen molar-refractivity contribution in [3.05, 3.63) is 12.2 Å². The average Bonchev–Trinajstić information content (AvgIpc) is 3.21. The molecule has 0 amide bonds. The zero-order valence-corrected chi connectivity index (χ0v) is 38.4. The maximum absolute atomic E-state index is 12.7. The third-order valence-electron chi connectivity index (χ3n) is 11.3. The van der Waals surface area contributed by atoms with Gasteiger partial charge in [-0.1, -0.05) is 226 Å². The van der Waals surface area contributed by atoms with Gasteiger partial charge in [-0.2, -0.15) is 0 Å². The van der Waals surface area contributed by atoms with Crippen LogP contribution in [0.3, 0.4) is 0 Å². The number of hydrogen-bond acceptors (Lipinski definition) is 6. The second kappa shape index (κ2) is 46.8. The van der Waals surface area contributed by atoms with E-state index in [0.29, 0.717) is 19.3 Å². The molecular formula is C51H96O6. The summed E-state index contributed by atoms with van der Waals surface area (Å²) in [5.41, 5.74) is 0. The van der Waals surface area contributed by atoms with Gasteiger partial charge < -0.3 is 14.2 Å². The number of esters is 3. The number of unbranched alkanes of at least 4 members (excludes halogenated alkanes) is 33. The molecule has 0 spiro atoms. The molecule has 0 aliphatic rings. The molecule has 0 aromatic carbocycles. The average molecular weight is 805 g/mol. The molecule has 0 bridgehead atoms. The lowest BCUT2D eigenvalue weighted by Gasteiger charge is -2.18. The lowest BCUT2D eigenvalue weighted by molar-refractivity contribution is -0.167. The van der Waals surface area contributed by atoms with Crippen molar-refractivity contribution in [2.45, 2.75) is 284 Å². The third kappa shape index (κ3) is 45.1. The molecule has 0 aliphatic heterocycles. The Morgan fingerprint density at radius 1 is 0.333 bits per heavy atom. The van der Waals surface area contributed by atoms with E-state index < -0.39 is 6.10 Å². The van der Waals surface area contributed by atoms with Gasteiger partial charge in [0.2, 0.25) is 0 Å². The number of carbonyl (C=O) groups excluding carboxylic acids is 3. The predicted molar refractivity (Wildman–Crippen MR) is 243 cm³/mol. The first-order valence-electron chi connectivity index (χ1n) is 25.2. The molecule has 0 N–H and O–H groups in total. The molecule has 0 rings (SSSR count). The Morgan fingerprint density at radius 3 is 0.877 bits per heavy atom. The normalized spacial score (nSPS) is 12.0. The van der Waals surface area contributed by atoms with Gasteiger partial charge in [-0.3, -0.25) is 14.4 Å². The number of ether oxygens (including phenoxy) is 3. The first-order valence-corrected chi connectivity index (χ1v) is 25.2. The molecule has 0 heterocycles. The molecule has 0 aromatic heterocycles. The van der Waals surface area contributed by atoms with E-state index in [9.17, 15) is 14.4 Å². The lowest BCUT2D eigenvalue weighted by Crippen LogP contribution is -2.30. The first kappa shape index (κ1) is 55.2. The number of carbonyl (C=O) groups is 3. The van der Waals surface area contributed by atoms with E-state index >= 15 is 0 Å². The van der Waals surface area contributed by atoms with E-state index in [0.717, 1.165) is 57.8 Å². The molecule has 1 unspecified atom stereocenters. The number of hydrogen-bond donors (Lipinski definition) is 0. The summed E-state index contributed by atoms with van der Waals surface area (Å²) < 4.78 is 16.7. The van der Waals surface area contributed by atoms with Crippen LogP contribution in [-0.2, 0) is 28.6 Å². The molecule has 6 nitrogen and oxygen atoms in total. The summed E-state index contributed by atoms with van der Waals surface area (Å²) in [7, 11) is 0. The standard InChI is InChI=1S/C51H96O6/c1-4-7-10-13-16-19-21-22-23-24-25-26-27-28-30-32-35-38-41-44-50(53)56-47-48(46-55-49(52)43-40-37-34-31-18-15-12-9-6-3)57-51(54)45-42-39-36-33-29-20-17-14-11-8-5-2/h24-25,48H,4-23,26-47H2,1-3H3/b25-24-. The van der Waals surface area contributed by atoms with Crippen LogP contribution in [0.5, 0.6) is 0 Å². The molecule has 0 fully saturated rings. The molecule has 1 atom stereocenters. The van der Waals surface area contributed by atoms with Crippen molar-refractivity contribution >= 4 is 17.9 Å². The Bertz CT molecular complexity index is 885. The van der Waals surface area contributed by atoms with Crippen molar-refractivity contribution < 1.29 is 28.6 Å². The minimum atomic E-state index is -0.763. The Kier molecular flexibility index (Phi) is 45.3. The predicted octanol–water partition coefficient (Wildman–Crippen LogP) is 16.2. The Labute approximate surface area is 354 Å². The van der Waals surface area contributed by atoms with Crippen molar-refractivity contribution in [3.8, 4) is 0 Å². The van der Waals surface area contributed by atoms with E-state index in [1.54, 1.807) is 0 Å². The molecule has 336 valence electrons.